The van der Waals surface area contributed by atoms with Gasteiger partial charge in [0.25, 0.3) is 0 Å². The summed E-state index contributed by atoms with van der Waals surface area (Å²) in [6, 6.07) is 14.0. The van der Waals surface area contributed by atoms with Crippen LogP contribution in [0.4, 0.5) is 0 Å². The first-order chi connectivity index (χ1) is 16.0. The zero-order valence-electron chi connectivity index (χ0n) is 18.4. The van der Waals surface area contributed by atoms with E-state index in [1.807, 2.05) is 29.2 Å². The van der Waals surface area contributed by atoms with Crippen molar-refractivity contribution < 1.29 is 19.1 Å². The molecule has 0 amide bonds. The molecule has 1 atom stereocenters. The quantitative estimate of drug-likeness (QED) is 0.284. The zero-order valence-corrected chi connectivity index (χ0v) is 18.4. The van der Waals surface area contributed by atoms with Crippen LogP contribution in [-0.4, -0.2) is 46.3 Å². The van der Waals surface area contributed by atoms with Gasteiger partial charge in [0.15, 0.2) is 11.6 Å². The van der Waals surface area contributed by atoms with E-state index >= 15 is 0 Å². The topological polar surface area (TPSA) is 137 Å². The Balaban J connectivity index is 1.42. The summed E-state index contributed by atoms with van der Waals surface area (Å²) < 4.78 is 10.8. The predicted octanol–water partition coefficient (Wildman–Crippen LogP) is 2.49. The van der Waals surface area contributed by atoms with Gasteiger partial charge in [0, 0.05) is 18.7 Å². The molecule has 2 aromatic carbocycles. The summed E-state index contributed by atoms with van der Waals surface area (Å²) in [6.07, 6.45) is 1.56. The number of fused-ring (bicyclic) bond motifs is 1. The first-order valence-corrected chi connectivity index (χ1v) is 10.9. The second-order valence-corrected chi connectivity index (χ2v) is 7.84. The lowest BCUT2D eigenvalue weighted by Gasteiger charge is -2.33. The summed E-state index contributed by atoms with van der Waals surface area (Å²) in [4.78, 5) is 34.0. The summed E-state index contributed by atoms with van der Waals surface area (Å²) in [6.45, 7) is 3.24. The highest BCUT2D eigenvalue weighted by Gasteiger charge is 2.28. The van der Waals surface area contributed by atoms with Crippen LogP contribution in [0.15, 0.2) is 60.2 Å². The van der Waals surface area contributed by atoms with E-state index in [4.69, 9.17) is 20.9 Å². The lowest BCUT2D eigenvalue weighted by Crippen LogP contribution is -2.42. The summed E-state index contributed by atoms with van der Waals surface area (Å²) in [7, 11) is 0. The number of likely N-dealkylation sites (tertiary alicyclic amines) is 1. The average Bonchev–Trinajstić information content (AvgIpc) is 3.28. The van der Waals surface area contributed by atoms with Crippen LogP contribution in [0.3, 0.4) is 0 Å². The van der Waals surface area contributed by atoms with Gasteiger partial charge in [-0.2, -0.15) is 0 Å². The molecule has 1 aromatic heterocycles. The Hall–Kier alpha value is -4.01. The van der Waals surface area contributed by atoms with Crippen LogP contribution < -0.4 is 16.2 Å². The number of ether oxygens (including phenoxy) is 2. The van der Waals surface area contributed by atoms with E-state index in [0.29, 0.717) is 31.0 Å². The van der Waals surface area contributed by atoms with Gasteiger partial charge in [-0.15, -0.1) is 0 Å². The van der Waals surface area contributed by atoms with Crippen LogP contribution in [0.1, 0.15) is 35.9 Å². The summed E-state index contributed by atoms with van der Waals surface area (Å²) >= 11 is 0. The molecule has 3 aromatic rings. The lowest BCUT2D eigenvalue weighted by atomic mass is 9.98. The molecular formula is C24H27N5O4. The number of para-hydroxylation sites is 2. The highest BCUT2D eigenvalue weighted by Crippen LogP contribution is 2.22. The first-order valence-electron chi connectivity index (χ1n) is 10.9. The van der Waals surface area contributed by atoms with Crippen LogP contribution in [0.2, 0.25) is 0 Å². The molecule has 4 rings (SSSR count). The molecule has 9 nitrogen and oxygen atoms in total. The molecule has 9 heteroatoms. The van der Waals surface area contributed by atoms with Gasteiger partial charge in [-0.25, -0.2) is 4.98 Å². The van der Waals surface area contributed by atoms with Gasteiger partial charge < -0.3 is 30.8 Å². The molecular weight excluding hydrogens is 422 g/mol. The molecule has 1 aliphatic rings. The van der Waals surface area contributed by atoms with E-state index < -0.39 is 0 Å². The number of imidazole rings is 1. The average molecular weight is 450 g/mol. The third-order valence-corrected chi connectivity index (χ3v) is 5.58. The van der Waals surface area contributed by atoms with Crippen molar-refractivity contribution in [2.75, 3.05) is 19.7 Å². The number of hydrogen-bond acceptors (Lipinski definition) is 8. The number of carbonyl (C=O) groups excluding carboxylic acids is 2. The summed E-state index contributed by atoms with van der Waals surface area (Å²) in [5.41, 5.74) is 14.3. The van der Waals surface area contributed by atoms with Gasteiger partial charge in [0.05, 0.1) is 23.6 Å². The number of esters is 1. The van der Waals surface area contributed by atoms with E-state index in [2.05, 4.69) is 9.97 Å². The van der Waals surface area contributed by atoms with E-state index in [9.17, 15) is 9.59 Å². The third-order valence-electron chi connectivity index (χ3n) is 5.58. The molecule has 33 heavy (non-hydrogen) atoms. The van der Waals surface area contributed by atoms with Gasteiger partial charge in [-0.05, 0) is 56.2 Å². The molecule has 0 unspecified atom stereocenters. The maximum Gasteiger partial charge on any atom is 0.310 e. The predicted molar refractivity (Wildman–Crippen MR) is 123 cm³/mol. The number of piperidine rings is 1. The summed E-state index contributed by atoms with van der Waals surface area (Å²) in [5, 5.41) is 0. The molecule has 172 valence electrons. The van der Waals surface area contributed by atoms with Gasteiger partial charge >= 0.3 is 5.97 Å². The van der Waals surface area contributed by atoms with Crippen molar-refractivity contribution in [3.63, 3.8) is 0 Å². The molecule has 0 spiro atoms. The number of nitrogens with two attached hydrogens (primary N) is 2. The highest BCUT2D eigenvalue weighted by atomic mass is 16.5. The van der Waals surface area contributed by atoms with E-state index in [-0.39, 0.29) is 35.2 Å². The van der Waals surface area contributed by atoms with Gasteiger partial charge in [0.2, 0.25) is 11.7 Å². The Morgan fingerprint density at radius 1 is 1.15 bits per heavy atom. The fourth-order valence-electron chi connectivity index (χ4n) is 3.85. The maximum absolute atomic E-state index is 12.8. The maximum atomic E-state index is 12.8. The Morgan fingerprint density at radius 2 is 1.91 bits per heavy atom. The standard InChI is InChI=1S/C24H27N5O4/c1-2-32-24(31)16-6-5-13-29(14-16)21(25)22(26)33-17-11-9-15(10-12-17)20(30)23-27-18-7-3-4-8-19(18)28-23/h3-4,7-12,16H,2,5-6,13-14,25-26H2,1H3,(H,27,28)/b22-21-/t16-/m0/s1. The van der Waals surface area contributed by atoms with Crippen LogP contribution in [-0.2, 0) is 9.53 Å². The molecule has 0 saturated carbocycles. The minimum Gasteiger partial charge on any atom is -0.466 e. The van der Waals surface area contributed by atoms with E-state index in [0.717, 1.165) is 23.9 Å². The molecule has 0 aliphatic carbocycles. The van der Waals surface area contributed by atoms with Gasteiger partial charge in [-0.3, -0.25) is 9.59 Å². The van der Waals surface area contributed by atoms with Crippen LogP contribution in [0.5, 0.6) is 5.75 Å². The van der Waals surface area contributed by atoms with Crippen molar-refractivity contribution in [3.8, 4) is 5.75 Å². The number of hydrogen-bond donors (Lipinski definition) is 3. The molecule has 2 heterocycles. The Bertz CT molecular complexity index is 1150. The number of nitrogens with zero attached hydrogens (tertiary/aromatic N) is 2. The largest absolute Gasteiger partial charge is 0.466 e. The normalized spacial score (nSPS) is 16.9. The fraction of sp³-hybridized carbons (Fsp3) is 0.292. The molecule has 1 fully saturated rings. The first kappa shape index (κ1) is 22.2. The SMILES string of the molecule is CCOC(=O)[C@H]1CCCN(/C(N)=C(/N)Oc2ccc(C(=O)c3nc4ccccc4[nH]3)cc2)C1. The third kappa shape index (κ3) is 4.92. The summed E-state index contributed by atoms with van der Waals surface area (Å²) in [5.74, 6) is 0.333. The molecule has 1 saturated heterocycles. The Morgan fingerprint density at radius 3 is 2.64 bits per heavy atom. The van der Waals surface area contributed by atoms with E-state index in [1.54, 1.807) is 31.2 Å². The molecule has 1 aliphatic heterocycles. The Labute approximate surface area is 191 Å². The zero-order chi connectivity index (χ0) is 23.4. The van der Waals surface area contributed by atoms with Gasteiger partial charge in [0.1, 0.15) is 5.75 Å². The van der Waals surface area contributed by atoms with Crippen molar-refractivity contribution >= 4 is 22.8 Å². The Kier molecular flexibility index (Phi) is 6.48. The molecule has 5 N–H and O–H groups in total. The minimum atomic E-state index is -0.242. The number of ketones is 1. The fourth-order valence-corrected chi connectivity index (χ4v) is 3.85. The monoisotopic (exact) mass is 449 g/mol. The van der Waals surface area contributed by atoms with Crippen molar-refractivity contribution in [1.29, 1.82) is 0 Å². The van der Waals surface area contributed by atoms with Crippen molar-refractivity contribution in [3.05, 3.63) is 71.6 Å². The van der Waals surface area contributed by atoms with Gasteiger partial charge in [-0.1, -0.05) is 12.1 Å². The number of aromatic nitrogens is 2. The highest BCUT2D eigenvalue weighted by molar-refractivity contribution is 6.08. The minimum absolute atomic E-state index is 0.0378. The van der Waals surface area contributed by atoms with Crippen molar-refractivity contribution in [2.24, 2.45) is 17.4 Å². The van der Waals surface area contributed by atoms with Crippen LogP contribution in [0, 0.1) is 5.92 Å². The number of rotatable bonds is 7. The number of aromatic amines is 1. The smallest absolute Gasteiger partial charge is 0.310 e. The van der Waals surface area contributed by atoms with Crippen molar-refractivity contribution in [2.45, 2.75) is 19.8 Å². The number of H-pyrrole nitrogens is 1. The molecule has 0 radical (unpaired) electrons. The van der Waals surface area contributed by atoms with E-state index in [1.165, 1.54) is 0 Å². The number of nitrogens with one attached hydrogen (secondary N) is 1. The van der Waals surface area contributed by atoms with Crippen LogP contribution in [0.25, 0.3) is 11.0 Å². The molecule has 0 bridgehead atoms. The van der Waals surface area contributed by atoms with Crippen molar-refractivity contribution in [1.82, 2.24) is 14.9 Å². The number of carbonyl (C=O) groups is 2. The number of benzene rings is 2. The lowest BCUT2D eigenvalue weighted by molar-refractivity contribution is -0.149. The second-order valence-electron chi connectivity index (χ2n) is 7.84. The second kappa shape index (κ2) is 9.64. The van der Waals surface area contributed by atoms with Crippen LogP contribution >= 0.6 is 0 Å².